The fourth-order valence-electron chi connectivity index (χ4n) is 2.41. The molecule has 1 aliphatic rings. The Morgan fingerprint density at radius 1 is 1.12 bits per heavy atom. The molecule has 0 aromatic heterocycles. The van der Waals surface area contributed by atoms with Gasteiger partial charge in [0.25, 0.3) is 5.91 Å². The van der Waals surface area contributed by atoms with Crippen LogP contribution in [0.3, 0.4) is 0 Å². The molecule has 1 fully saturated rings. The van der Waals surface area contributed by atoms with Gasteiger partial charge in [-0.05, 0) is 18.6 Å². The van der Waals surface area contributed by atoms with Gasteiger partial charge in [0.2, 0.25) is 10.0 Å². The first-order valence-corrected chi connectivity index (χ1v) is 9.55. The van der Waals surface area contributed by atoms with Crippen molar-refractivity contribution >= 4 is 21.9 Å². The second-order valence-electron chi connectivity index (χ2n) is 5.52. The summed E-state index contributed by atoms with van der Waals surface area (Å²) in [4.78, 5) is 25.2. The molecule has 8 heteroatoms. The van der Waals surface area contributed by atoms with Crippen molar-refractivity contribution in [3.05, 3.63) is 42.5 Å². The van der Waals surface area contributed by atoms with Gasteiger partial charge in [-0.1, -0.05) is 31.2 Å². The van der Waals surface area contributed by atoms with Gasteiger partial charge < -0.3 is 9.64 Å². The maximum Gasteiger partial charge on any atom is 0.330 e. The second-order valence-corrected chi connectivity index (χ2v) is 7.45. The van der Waals surface area contributed by atoms with Crippen molar-refractivity contribution in [1.29, 1.82) is 0 Å². The molecule has 7 nitrogen and oxygen atoms in total. The predicted molar refractivity (Wildman–Crippen MR) is 92.2 cm³/mol. The van der Waals surface area contributed by atoms with Crippen molar-refractivity contribution < 1.29 is 22.7 Å². The van der Waals surface area contributed by atoms with Crippen LogP contribution in [0.4, 0.5) is 0 Å². The average Bonchev–Trinajstić information content (AvgIpc) is 2.65. The van der Waals surface area contributed by atoms with E-state index in [4.69, 9.17) is 4.74 Å². The fourth-order valence-corrected chi connectivity index (χ4v) is 3.85. The molecule has 1 aromatic carbocycles. The molecular weight excluding hydrogens is 344 g/mol. The molecule has 0 N–H and O–H groups in total. The smallest absolute Gasteiger partial charge is 0.330 e. The standard InChI is InChI=1S/C17H22N2O5S/c1-2-3-9-17(21)24-14-16(20)18-10-12-19(13-11-18)25(22,23)15-7-5-4-6-8-15/h3-9H,2,10-14H2,1H3/b9-3+. The topological polar surface area (TPSA) is 84.0 Å². The molecule has 1 amide bonds. The normalized spacial score (nSPS) is 16.1. The number of benzene rings is 1. The molecule has 0 spiro atoms. The summed E-state index contributed by atoms with van der Waals surface area (Å²) in [6.45, 7) is 2.52. The third-order valence-electron chi connectivity index (χ3n) is 3.80. The van der Waals surface area contributed by atoms with Crippen LogP contribution < -0.4 is 0 Å². The number of carbonyl (C=O) groups excluding carboxylic acids is 2. The van der Waals surface area contributed by atoms with Crippen LogP contribution in [0.15, 0.2) is 47.4 Å². The molecule has 0 saturated carbocycles. The van der Waals surface area contributed by atoms with E-state index in [2.05, 4.69) is 0 Å². The monoisotopic (exact) mass is 366 g/mol. The van der Waals surface area contributed by atoms with Crippen LogP contribution >= 0.6 is 0 Å². The lowest BCUT2D eigenvalue weighted by Gasteiger charge is -2.33. The van der Waals surface area contributed by atoms with Gasteiger partial charge in [0.15, 0.2) is 6.61 Å². The van der Waals surface area contributed by atoms with Gasteiger partial charge in [-0.2, -0.15) is 4.31 Å². The zero-order valence-corrected chi connectivity index (χ0v) is 14.9. The Morgan fingerprint density at radius 2 is 1.76 bits per heavy atom. The lowest BCUT2D eigenvalue weighted by Crippen LogP contribution is -2.51. The molecule has 2 rings (SSSR count). The SMILES string of the molecule is CC/C=C/C(=O)OCC(=O)N1CCN(S(=O)(=O)c2ccccc2)CC1. The molecule has 1 saturated heterocycles. The maximum atomic E-state index is 12.5. The largest absolute Gasteiger partial charge is 0.452 e. The summed E-state index contributed by atoms with van der Waals surface area (Å²) in [6.07, 6.45) is 3.65. The number of carbonyl (C=O) groups is 2. The third kappa shape index (κ3) is 5.14. The van der Waals surface area contributed by atoms with E-state index in [1.165, 1.54) is 15.3 Å². The second kappa shape index (κ2) is 8.77. The van der Waals surface area contributed by atoms with Crippen molar-refractivity contribution in [1.82, 2.24) is 9.21 Å². The van der Waals surface area contributed by atoms with Gasteiger partial charge in [-0.3, -0.25) is 4.79 Å². The van der Waals surface area contributed by atoms with E-state index in [0.29, 0.717) is 6.42 Å². The molecule has 0 atom stereocenters. The number of allylic oxidation sites excluding steroid dienone is 1. The Morgan fingerprint density at radius 3 is 2.36 bits per heavy atom. The quantitative estimate of drug-likeness (QED) is 0.555. The number of sulfonamides is 1. The van der Waals surface area contributed by atoms with E-state index in [9.17, 15) is 18.0 Å². The summed E-state index contributed by atoms with van der Waals surface area (Å²) in [5, 5.41) is 0. The van der Waals surface area contributed by atoms with Crippen LogP contribution in [0.25, 0.3) is 0 Å². The van der Waals surface area contributed by atoms with Crippen LogP contribution in [0.5, 0.6) is 0 Å². The van der Waals surface area contributed by atoms with Crippen molar-refractivity contribution in [2.24, 2.45) is 0 Å². The van der Waals surface area contributed by atoms with Crippen molar-refractivity contribution in [2.75, 3.05) is 32.8 Å². The molecule has 0 radical (unpaired) electrons. The molecule has 25 heavy (non-hydrogen) atoms. The zero-order chi connectivity index (χ0) is 18.3. The molecule has 0 bridgehead atoms. The molecule has 136 valence electrons. The number of amides is 1. The van der Waals surface area contributed by atoms with Gasteiger partial charge in [0.05, 0.1) is 4.90 Å². The first-order chi connectivity index (χ1) is 11.9. The Bertz CT molecular complexity index is 723. The first kappa shape index (κ1) is 19.1. The summed E-state index contributed by atoms with van der Waals surface area (Å²) in [6, 6.07) is 8.21. The fraction of sp³-hybridized carbons (Fsp3) is 0.412. The first-order valence-electron chi connectivity index (χ1n) is 8.11. The van der Waals surface area contributed by atoms with E-state index < -0.39 is 16.0 Å². The summed E-state index contributed by atoms with van der Waals surface area (Å²) < 4.78 is 31.3. The minimum atomic E-state index is -3.55. The molecule has 1 heterocycles. The summed E-state index contributed by atoms with van der Waals surface area (Å²) in [5.41, 5.74) is 0. The maximum absolute atomic E-state index is 12.5. The molecule has 1 aromatic rings. The number of rotatable bonds is 6. The minimum absolute atomic E-state index is 0.215. The summed E-state index contributed by atoms with van der Waals surface area (Å²) in [7, 11) is -3.55. The summed E-state index contributed by atoms with van der Waals surface area (Å²) in [5.74, 6) is -0.879. The highest BCUT2D eigenvalue weighted by Crippen LogP contribution is 2.17. The van der Waals surface area contributed by atoms with E-state index >= 15 is 0 Å². The average molecular weight is 366 g/mol. The zero-order valence-electron chi connectivity index (χ0n) is 14.1. The highest BCUT2D eigenvalue weighted by atomic mass is 32.2. The van der Waals surface area contributed by atoms with Crippen molar-refractivity contribution in [3.63, 3.8) is 0 Å². The van der Waals surface area contributed by atoms with Crippen LogP contribution in [-0.4, -0.2) is 62.3 Å². The lowest BCUT2D eigenvalue weighted by molar-refractivity contribution is -0.148. The Kier molecular flexibility index (Phi) is 6.72. The van der Waals surface area contributed by atoms with Gasteiger partial charge in [0.1, 0.15) is 0 Å². The van der Waals surface area contributed by atoms with Crippen LogP contribution in [0, 0.1) is 0 Å². The number of nitrogens with zero attached hydrogens (tertiary/aromatic N) is 2. The van der Waals surface area contributed by atoms with Crippen LogP contribution in [-0.2, 0) is 24.3 Å². The summed E-state index contributed by atoms with van der Waals surface area (Å²) >= 11 is 0. The number of ether oxygens (including phenoxy) is 1. The Hall–Kier alpha value is -2.19. The highest BCUT2D eigenvalue weighted by molar-refractivity contribution is 7.89. The van der Waals surface area contributed by atoms with Gasteiger partial charge >= 0.3 is 5.97 Å². The van der Waals surface area contributed by atoms with Crippen LogP contribution in [0.1, 0.15) is 13.3 Å². The van der Waals surface area contributed by atoms with E-state index in [-0.39, 0.29) is 43.6 Å². The third-order valence-corrected chi connectivity index (χ3v) is 5.71. The Labute approximate surface area is 147 Å². The predicted octanol–water partition coefficient (Wildman–Crippen LogP) is 1.03. The van der Waals surface area contributed by atoms with E-state index in [0.717, 1.165) is 0 Å². The molecule has 0 unspecified atom stereocenters. The number of hydrogen-bond donors (Lipinski definition) is 0. The minimum Gasteiger partial charge on any atom is -0.452 e. The number of esters is 1. The van der Waals surface area contributed by atoms with Crippen molar-refractivity contribution in [3.8, 4) is 0 Å². The van der Waals surface area contributed by atoms with Gasteiger partial charge in [-0.25, -0.2) is 13.2 Å². The highest BCUT2D eigenvalue weighted by Gasteiger charge is 2.30. The molecule has 1 aliphatic heterocycles. The van der Waals surface area contributed by atoms with Gasteiger partial charge in [0, 0.05) is 32.3 Å². The van der Waals surface area contributed by atoms with Crippen LogP contribution in [0.2, 0.25) is 0 Å². The number of hydrogen-bond acceptors (Lipinski definition) is 5. The van der Waals surface area contributed by atoms with E-state index in [1.807, 2.05) is 6.92 Å². The Balaban J connectivity index is 1.86. The lowest BCUT2D eigenvalue weighted by atomic mass is 10.3. The molecule has 0 aliphatic carbocycles. The van der Waals surface area contributed by atoms with Gasteiger partial charge in [-0.15, -0.1) is 0 Å². The van der Waals surface area contributed by atoms with Crippen molar-refractivity contribution in [2.45, 2.75) is 18.2 Å². The van der Waals surface area contributed by atoms with E-state index in [1.54, 1.807) is 36.4 Å². The molecular formula is C17H22N2O5S. The number of piperazine rings is 1.